The van der Waals surface area contributed by atoms with E-state index in [-0.39, 0.29) is 6.10 Å². The van der Waals surface area contributed by atoms with Crippen LogP contribution in [0.2, 0.25) is 0 Å². The van der Waals surface area contributed by atoms with Gasteiger partial charge in [-0.15, -0.1) is 0 Å². The Kier molecular flexibility index (Phi) is 2.12. The zero-order valence-electron chi connectivity index (χ0n) is 8.31. The van der Waals surface area contributed by atoms with Crippen LogP contribution in [-0.2, 0) is 4.74 Å². The van der Waals surface area contributed by atoms with Gasteiger partial charge in [0.2, 0.25) is 0 Å². The number of hydrogen-bond acceptors (Lipinski definition) is 4. The molecule has 2 saturated heterocycles. The van der Waals surface area contributed by atoms with Gasteiger partial charge in [0, 0.05) is 12.6 Å². The van der Waals surface area contributed by atoms with Crippen LogP contribution in [0.3, 0.4) is 0 Å². The second-order valence-corrected chi connectivity index (χ2v) is 4.16. The first-order valence-electron chi connectivity index (χ1n) is 5.26. The predicted molar refractivity (Wildman–Crippen MR) is 55.9 cm³/mol. The Labute approximate surface area is 88.2 Å². The molecular weight excluding hydrogens is 192 g/mol. The molecule has 0 aliphatic carbocycles. The van der Waals surface area contributed by atoms with E-state index in [1.54, 1.807) is 0 Å². The summed E-state index contributed by atoms with van der Waals surface area (Å²) in [4.78, 5) is 0. The third-order valence-electron chi connectivity index (χ3n) is 3.20. The average molecular weight is 206 g/mol. The van der Waals surface area contributed by atoms with Gasteiger partial charge >= 0.3 is 0 Å². The molecule has 1 aromatic carbocycles. The fourth-order valence-corrected chi connectivity index (χ4v) is 2.43. The summed E-state index contributed by atoms with van der Waals surface area (Å²) in [5, 5.41) is 12.1. The van der Waals surface area contributed by atoms with Crippen LogP contribution in [0.25, 0.3) is 0 Å². The minimum absolute atomic E-state index is 0.177. The van der Waals surface area contributed by atoms with E-state index in [1.165, 1.54) is 5.56 Å². The Balaban J connectivity index is 1.81. The van der Waals surface area contributed by atoms with E-state index in [0.29, 0.717) is 17.8 Å². The maximum absolute atomic E-state index is 8.71. The molecule has 80 valence electrons. The van der Waals surface area contributed by atoms with E-state index in [0.717, 1.165) is 13.0 Å². The number of fused-ring (bicyclic) bond motifs is 2. The molecule has 2 aliphatic heterocycles. The van der Waals surface area contributed by atoms with Gasteiger partial charge in [0.05, 0.1) is 17.9 Å². The van der Waals surface area contributed by atoms with Crippen LogP contribution in [0, 0.1) is 0 Å². The van der Waals surface area contributed by atoms with Crippen LogP contribution < -0.4 is 10.8 Å². The van der Waals surface area contributed by atoms with Gasteiger partial charge in [-0.25, -0.2) is 0 Å². The van der Waals surface area contributed by atoms with Crippen LogP contribution >= 0.6 is 0 Å². The average Bonchev–Trinajstić information content (AvgIpc) is 2.91. The molecule has 3 unspecified atom stereocenters. The molecule has 2 aliphatic rings. The van der Waals surface area contributed by atoms with Crippen molar-refractivity contribution in [1.29, 1.82) is 0 Å². The minimum Gasteiger partial charge on any atom is -0.367 e. The summed E-state index contributed by atoms with van der Waals surface area (Å²) in [6.45, 7) is 0.984. The lowest BCUT2D eigenvalue weighted by molar-refractivity contribution is 0.0160. The lowest BCUT2D eigenvalue weighted by Crippen LogP contribution is -2.33. The monoisotopic (exact) mass is 206 g/mol. The highest BCUT2D eigenvalue weighted by Gasteiger charge is 2.40. The van der Waals surface area contributed by atoms with E-state index >= 15 is 0 Å². The maximum atomic E-state index is 8.71. The molecule has 3 N–H and O–H groups in total. The second kappa shape index (κ2) is 3.48. The van der Waals surface area contributed by atoms with Gasteiger partial charge in [0.25, 0.3) is 0 Å². The first kappa shape index (κ1) is 9.15. The summed E-state index contributed by atoms with van der Waals surface area (Å²) >= 11 is 0. The molecule has 15 heavy (non-hydrogen) atoms. The summed E-state index contributed by atoms with van der Waals surface area (Å²) in [5.41, 5.74) is 4.00. The van der Waals surface area contributed by atoms with Gasteiger partial charge in [0.15, 0.2) is 0 Å². The third-order valence-corrected chi connectivity index (χ3v) is 3.20. The molecule has 0 spiro atoms. The lowest BCUT2D eigenvalue weighted by atomic mass is 10.0. The summed E-state index contributed by atoms with van der Waals surface area (Å²) in [5.74, 6) is 0. The summed E-state index contributed by atoms with van der Waals surface area (Å²) in [6.07, 6.45) is 1.68. The summed E-state index contributed by atoms with van der Waals surface area (Å²) in [6, 6.07) is 8.15. The van der Waals surface area contributed by atoms with E-state index in [1.807, 2.05) is 24.3 Å². The topological polar surface area (TPSA) is 53.5 Å². The Morgan fingerprint density at radius 3 is 2.67 bits per heavy atom. The lowest BCUT2D eigenvalue weighted by Gasteiger charge is -2.23. The number of rotatable bonds is 2. The Hall–Kier alpha value is -1.10. The first-order valence-corrected chi connectivity index (χ1v) is 5.26. The molecule has 3 rings (SSSR count). The number of hydrogen-bond donors (Lipinski definition) is 3. The Morgan fingerprint density at radius 2 is 2.13 bits per heavy atom. The SMILES string of the molecule is ONc1ccc(C2OC3CNC2C3)cc1. The van der Waals surface area contributed by atoms with Crippen molar-refractivity contribution < 1.29 is 9.94 Å². The van der Waals surface area contributed by atoms with Crippen molar-refractivity contribution in [3.8, 4) is 0 Å². The zero-order valence-corrected chi connectivity index (χ0v) is 8.31. The molecule has 2 heterocycles. The molecule has 4 nitrogen and oxygen atoms in total. The van der Waals surface area contributed by atoms with Crippen LogP contribution in [0.4, 0.5) is 5.69 Å². The molecule has 2 bridgehead atoms. The van der Waals surface area contributed by atoms with Gasteiger partial charge < -0.3 is 10.1 Å². The number of anilines is 1. The standard InChI is InChI=1S/C11H14N2O2/c14-13-8-3-1-7(2-4-8)11-10-5-9(15-11)6-12-10/h1-4,9-14H,5-6H2. The molecule has 0 radical (unpaired) electrons. The van der Waals surface area contributed by atoms with Crippen LogP contribution in [0.15, 0.2) is 24.3 Å². The maximum Gasteiger partial charge on any atom is 0.0983 e. The van der Waals surface area contributed by atoms with Gasteiger partial charge in [0.1, 0.15) is 0 Å². The van der Waals surface area contributed by atoms with Crippen molar-refractivity contribution >= 4 is 5.69 Å². The number of benzene rings is 1. The largest absolute Gasteiger partial charge is 0.367 e. The highest BCUT2D eigenvalue weighted by atomic mass is 16.5. The highest BCUT2D eigenvalue weighted by Crippen LogP contribution is 2.36. The van der Waals surface area contributed by atoms with E-state index in [4.69, 9.17) is 9.94 Å². The fraction of sp³-hybridized carbons (Fsp3) is 0.455. The van der Waals surface area contributed by atoms with Gasteiger partial charge in [-0.3, -0.25) is 10.7 Å². The Morgan fingerprint density at radius 1 is 1.33 bits per heavy atom. The van der Waals surface area contributed by atoms with Crippen LogP contribution in [-0.4, -0.2) is 23.9 Å². The van der Waals surface area contributed by atoms with Crippen molar-refractivity contribution in [3.05, 3.63) is 29.8 Å². The Bertz CT molecular complexity index is 352. The minimum atomic E-state index is 0.177. The van der Waals surface area contributed by atoms with Gasteiger partial charge in [-0.2, -0.15) is 0 Å². The number of nitrogens with one attached hydrogen (secondary N) is 2. The number of morpholine rings is 1. The van der Waals surface area contributed by atoms with Gasteiger partial charge in [-0.1, -0.05) is 12.1 Å². The quantitative estimate of drug-likeness (QED) is 0.638. The fourth-order valence-electron chi connectivity index (χ4n) is 2.43. The van der Waals surface area contributed by atoms with Gasteiger partial charge in [-0.05, 0) is 24.1 Å². The molecule has 2 fully saturated rings. The highest BCUT2D eigenvalue weighted by molar-refractivity contribution is 5.43. The molecule has 3 atom stereocenters. The molecule has 0 aromatic heterocycles. The summed E-state index contributed by atoms with van der Waals surface area (Å²) < 4.78 is 5.87. The molecule has 4 heteroatoms. The van der Waals surface area contributed by atoms with Crippen molar-refractivity contribution in [2.75, 3.05) is 12.0 Å². The van der Waals surface area contributed by atoms with Crippen LogP contribution in [0.5, 0.6) is 0 Å². The first-order chi connectivity index (χ1) is 7.36. The second-order valence-electron chi connectivity index (χ2n) is 4.16. The van der Waals surface area contributed by atoms with Crippen molar-refractivity contribution in [3.63, 3.8) is 0 Å². The molecule has 0 saturated carbocycles. The molecule has 0 amide bonds. The normalized spacial score (nSPS) is 33.3. The molecular formula is C11H14N2O2. The van der Waals surface area contributed by atoms with E-state index < -0.39 is 0 Å². The van der Waals surface area contributed by atoms with Crippen LogP contribution in [0.1, 0.15) is 18.1 Å². The predicted octanol–water partition coefficient (Wildman–Crippen LogP) is 1.29. The summed E-state index contributed by atoms with van der Waals surface area (Å²) in [7, 11) is 0. The van der Waals surface area contributed by atoms with Crippen molar-refractivity contribution in [1.82, 2.24) is 5.32 Å². The zero-order chi connectivity index (χ0) is 10.3. The third kappa shape index (κ3) is 1.51. The molecule has 1 aromatic rings. The number of ether oxygens (including phenoxy) is 1. The van der Waals surface area contributed by atoms with E-state index in [2.05, 4.69) is 10.8 Å². The van der Waals surface area contributed by atoms with Crippen molar-refractivity contribution in [2.24, 2.45) is 0 Å². The van der Waals surface area contributed by atoms with E-state index in [9.17, 15) is 0 Å². The smallest absolute Gasteiger partial charge is 0.0983 e. The van der Waals surface area contributed by atoms with Crippen molar-refractivity contribution in [2.45, 2.75) is 24.7 Å².